The Balaban J connectivity index is 2.13. The van der Waals surface area contributed by atoms with Gasteiger partial charge in [0.2, 0.25) is 0 Å². The molecule has 0 aliphatic carbocycles. The van der Waals surface area contributed by atoms with Crippen LogP contribution in [0, 0.1) is 0 Å². The highest BCUT2D eigenvalue weighted by atomic mass is 16.5. The van der Waals surface area contributed by atoms with Crippen molar-refractivity contribution in [1.82, 2.24) is 0 Å². The number of methoxy groups -OCH3 is 1. The van der Waals surface area contributed by atoms with Crippen molar-refractivity contribution in [2.45, 2.75) is 12.5 Å². The number of hydrogen-bond acceptors (Lipinski definition) is 4. The van der Waals surface area contributed by atoms with E-state index >= 15 is 0 Å². The molecule has 0 radical (unpaired) electrons. The Bertz CT molecular complexity index is 606. The highest BCUT2D eigenvalue weighted by Crippen LogP contribution is 2.10. The van der Waals surface area contributed by atoms with Crippen LogP contribution in [-0.4, -0.2) is 30.4 Å². The summed E-state index contributed by atoms with van der Waals surface area (Å²) in [4.78, 5) is 16.1. The molecule has 2 aromatic rings. The third-order valence-electron chi connectivity index (χ3n) is 3.04. The number of hydrogen-bond donors (Lipinski definition) is 1. The van der Waals surface area contributed by atoms with Crippen molar-refractivity contribution in [1.29, 1.82) is 0 Å². The number of phenolic OH excluding ortho intramolecular Hbond substituents is 1. The molecule has 21 heavy (non-hydrogen) atoms. The summed E-state index contributed by atoms with van der Waals surface area (Å²) in [7, 11) is 1.36. The molecule has 0 spiro atoms. The number of benzene rings is 2. The topological polar surface area (TPSA) is 58.9 Å². The third-order valence-corrected chi connectivity index (χ3v) is 3.04. The average molecular weight is 283 g/mol. The van der Waals surface area contributed by atoms with Gasteiger partial charge in [0.1, 0.15) is 5.75 Å². The monoisotopic (exact) mass is 283 g/mol. The fourth-order valence-electron chi connectivity index (χ4n) is 1.91. The van der Waals surface area contributed by atoms with Crippen molar-refractivity contribution >= 4 is 12.2 Å². The van der Waals surface area contributed by atoms with Crippen LogP contribution in [-0.2, 0) is 16.0 Å². The van der Waals surface area contributed by atoms with E-state index in [9.17, 15) is 9.90 Å². The maximum absolute atomic E-state index is 11.8. The van der Waals surface area contributed by atoms with Gasteiger partial charge in [0.25, 0.3) is 0 Å². The largest absolute Gasteiger partial charge is 0.508 e. The van der Waals surface area contributed by atoms with Crippen LogP contribution in [0.15, 0.2) is 59.6 Å². The number of esters is 1. The SMILES string of the molecule is COC(=O)C(Cc1ccccc1)N=Cc1ccc(O)cc1. The average Bonchev–Trinajstić information content (AvgIpc) is 2.53. The van der Waals surface area contributed by atoms with Gasteiger partial charge >= 0.3 is 5.97 Å². The van der Waals surface area contributed by atoms with Gasteiger partial charge in [0.15, 0.2) is 6.04 Å². The number of phenols is 1. The molecule has 0 saturated carbocycles. The van der Waals surface area contributed by atoms with Crippen molar-refractivity contribution in [3.05, 3.63) is 65.7 Å². The molecule has 1 atom stereocenters. The molecule has 0 aromatic heterocycles. The molecule has 2 rings (SSSR count). The van der Waals surface area contributed by atoms with Gasteiger partial charge in [-0.3, -0.25) is 4.99 Å². The van der Waals surface area contributed by atoms with E-state index in [-0.39, 0.29) is 11.7 Å². The molecule has 1 N–H and O–H groups in total. The van der Waals surface area contributed by atoms with Crippen LogP contribution in [0.2, 0.25) is 0 Å². The zero-order valence-corrected chi connectivity index (χ0v) is 11.8. The van der Waals surface area contributed by atoms with E-state index in [1.165, 1.54) is 7.11 Å². The number of aromatic hydroxyl groups is 1. The minimum absolute atomic E-state index is 0.195. The van der Waals surface area contributed by atoms with E-state index in [1.54, 1.807) is 30.5 Å². The second kappa shape index (κ2) is 7.24. The van der Waals surface area contributed by atoms with Gasteiger partial charge in [-0.05, 0) is 35.4 Å². The Labute approximate surface area is 123 Å². The Morgan fingerprint density at radius 3 is 2.48 bits per heavy atom. The summed E-state index contributed by atoms with van der Waals surface area (Å²) in [6, 6.07) is 15.7. The summed E-state index contributed by atoms with van der Waals surface area (Å²) in [5.41, 5.74) is 1.84. The number of rotatable bonds is 5. The Morgan fingerprint density at radius 1 is 1.19 bits per heavy atom. The zero-order chi connectivity index (χ0) is 15.1. The number of nitrogens with zero attached hydrogens (tertiary/aromatic N) is 1. The van der Waals surface area contributed by atoms with Crippen molar-refractivity contribution in [2.75, 3.05) is 7.11 Å². The van der Waals surface area contributed by atoms with Crippen LogP contribution in [0.25, 0.3) is 0 Å². The first-order valence-corrected chi connectivity index (χ1v) is 6.63. The minimum atomic E-state index is -0.578. The first-order valence-electron chi connectivity index (χ1n) is 6.63. The summed E-state index contributed by atoms with van der Waals surface area (Å²) < 4.78 is 4.80. The molecule has 4 heteroatoms. The summed E-state index contributed by atoms with van der Waals surface area (Å²) in [5, 5.41) is 9.24. The van der Waals surface area contributed by atoms with Crippen LogP contribution < -0.4 is 0 Å². The molecular weight excluding hydrogens is 266 g/mol. The highest BCUT2D eigenvalue weighted by Gasteiger charge is 2.17. The number of carbonyl (C=O) groups excluding carboxylic acids is 1. The molecule has 2 aromatic carbocycles. The van der Waals surface area contributed by atoms with E-state index in [2.05, 4.69) is 4.99 Å². The zero-order valence-electron chi connectivity index (χ0n) is 11.8. The summed E-state index contributed by atoms with van der Waals surface area (Å²) >= 11 is 0. The molecule has 0 amide bonds. The van der Waals surface area contributed by atoms with Gasteiger partial charge in [-0.2, -0.15) is 0 Å². The van der Waals surface area contributed by atoms with Crippen molar-refractivity contribution in [2.24, 2.45) is 4.99 Å². The fraction of sp³-hybridized carbons (Fsp3) is 0.176. The normalized spacial score (nSPS) is 12.2. The van der Waals surface area contributed by atoms with Crippen LogP contribution >= 0.6 is 0 Å². The van der Waals surface area contributed by atoms with Crippen LogP contribution in [0.4, 0.5) is 0 Å². The van der Waals surface area contributed by atoms with Gasteiger partial charge in [-0.15, -0.1) is 0 Å². The van der Waals surface area contributed by atoms with E-state index in [4.69, 9.17) is 4.74 Å². The number of ether oxygens (including phenoxy) is 1. The molecular formula is C17H17NO3. The van der Waals surface area contributed by atoms with Gasteiger partial charge in [-0.1, -0.05) is 30.3 Å². The molecule has 0 saturated heterocycles. The van der Waals surface area contributed by atoms with Gasteiger partial charge in [-0.25, -0.2) is 4.79 Å². The lowest BCUT2D eigenvalue weighted by molar-refractivity contribution is -0.142. The maximum atomic E-state index is 11.8. The third kappa shape index (κ3) is 4.45. The van der Waals surface area contributed by atoms with E-state index in [0.29, 0.717) is 6.42 Å². The lowest BCUT2D eigenvalue weighted by atomic mass is 10.1. The lowest BCUT2D eigenvalue weighted by Crippen LogP contribution is -2.23. The quantitative estimate of drug-likeness (QED) is 0.678. The second-order valence-electron chi connectivity index (χ2n) is 4.60. The predicted molar refractivity (Wildman–Crippen MR) is 81.7 cm³/mol. The van der Waals surface area contributed by atoms with Gasteiger partial charge in [0, 0.05) is 12.6 Å². The molecule has 0 aliphatic heterocycles. The van der Waals surface area contributed by atoms with E-state index < -0.39 is 6.04 Å². The molecule has 0 aliphatic rings. The summed E-state index contributed by atoms with van der Waals surface area (Å²) in [6.07, 6.45) is 2.10. The van der Waals surface area contributed by atoms with Crippen LogP contribution in [0.3, 0.4) is 0 Å². The Morgan fingerprint density at radius 2 is 1.86 bits per heavy atom. The standard InChI is InChI=1S/C17H17NO3/c1-21-17(20)16(11-13-5-3-2-4-6-13)18-12-14-7-9-15(19)10-8-14/h2-10,12,16,19H,11H2,1H3. The predicted octanol–water partition coefficient (Wildman–Crippen LogP) is 2.60. The first-order chi connectivity index (χ1) is 10.2. The second-order valence-corrected chi connectivity index (χ2v) is 4.60. The van der Waals surface area contributed by atoms with Crippen LogP contribution in [0.5, 0.6) is 5.75 Å². The summed E-state index contributed by atoms with van der Waals surface area (Å²) in [6.45, 7) is 0. The minimum Gasteiger partial charge on any atom is -0.508 e. The molecule has 0 fully saturated rings. The van der Waals surface area contributed by atoms with E-state index in [1.807, 2.05) is 30.3 Å². The summed E-state index contributed by atoms with van der Waals surface area (Å²) in [5.74, 6) is -0.171. The molecule has 108 valence electrons. The highest BCUT2D eigenvalue weighted by molar-refractivity contribution is 5.84. The van der Waals surface area contributed by atoms with Crippen LogP contribution in [0.1, 0.15) is 11.1 Å². The fourth-order valence-corrected chi connectivity index (χ4v) is 1.91. The molecule has 1 unspecified atom stereocenters. The Hall–Kier alpha value is -2.62. The molecule has 4 nitrogen and oxygen atoms in total. The molecule has 0 bridgehead atoms. The molecule has 0 heterocycles. The Kier molecular flexibility index (Phi) is 5.10. The van der Waals surface area contributed by atoms with Gasteiger partial charge in [0.05, 0.1) is 7.11 Å². The smallest absolute Gasteiger partial charge is 0.330 e. The maximum Gasteiger partial charge on any atom is 0.330 e. The van der Waals surface area contributed by atoms with Crippen molar-refractivity contribution < 1.29 is 14.6 Å². The number of aliphatic imine (C=N–C) groups is 1. The number of carbonyl (C=O) groups is 1. The first kappa shape index (κ1) is 14.8. The lowest BCUT2D eigenvalue weighted by Gasteiger charge is -2.10. The van der Waals surface area contributed by atoms with E-state index in [0.717, 1.165) is 11.1 Å². The van der Waals surface area contributed by atoms with Crippen molar-refractivity contribution in [3.63, 3.8) is 0 Å². The van der Waals surface area contributed by atoms with Crippen molar-refractivity contribution in [3.8, 4) is 5.75 Å². The van der Waals surface area contributed by atoms with Gasteiger partial charge < -0.3 is 9.84 Å².